The van der Waals surface area contributed by atoms with Gasteiger partial charge in [-0.2, -0.15) is 0 Å². The summed E-state index contributed by atoms with van der Waals surface area (Å²) in [6, 6.07) is 9.33. The second-order valence-corrected chi connectivity index (χ2v) is 4.64. The predicted octanol–water partition coefficient (Wildman–Crippen LogP) is 2.01. The number of amides is 2. The van der Waals surface area contributed by atoms with E-state index < -0.39 is 5.97 Å². The second kappa shape index (κ2) is 6.22. The molecule has 19 heavy (non-hydrogen) atoms. The minimum Gasteiger partial charge on any atom is -0.481 e. The van der Waals surface area contributed by atoms with Gasteiger partial charge in [0, 0.05) is 19.5 Å². The van der Waals surface area contributed by atoms with Gasteiger partial charge in [0.2, 0.25) is 0 Å². The number of urea groups is 1. The van der Waals surface area contributed by atoms with E-state index in [1.54, 1.807) is 4.90 Å². The third kappa shape index (κ3) is 3.47. The molecule has 2 amide bonds. The Labute approximate surface area is 112 Å². The second-order valence-electron chi connectivity index (χ2n) is 4.64. The van der Waals surface area contributed by atoms with Gasteiger partial charge in [-0.05, 0) is 18.4 Å². The number of carboxylic acid groups (broad SMARTS) is 1. The fourth-order valence-electron chi connectivity index (χ4n) is 2.38. The van der Waals surface area contributed by atoms with Gasteiger partial charge < -0.3 is 15.3 Å². The Kier molecular flexibility index (Phi) is 4.39. The van der Waals surface area contributed by atoms with Crippen molar-refractivity contribution in [2.45, 2.75) is 25.3 Å². The number of benzene rings is 1. The first-order valence-corrected chi connectivity index (χ1v) is 6.49. The molecule has 2 rings (SSSR count). The van der Waals surface area contributed by atoms with E-state index in [0.717, 1.165) is 12.0 Å². The lowest BCUT2D eigenvalue weighted by atomic mass is 9.99. The molecular weight excluding hydrogens is 244 g/mol. The van der Waals surface area contributed by atoms with Crippen LogP contribution in [0.15, 0.2) is 30.3 Å². The SMILES string of the molecule is O=C(O)CCC(c1ccccc1)N1CCCNC1=O. The lowest BCUT2D eigenvalue weighted by Crippen LogP contribution is -2.48. The van der Waals surface area contributed by atoms with Gasteiger partial charge in [-0.15, -0.1) is 0 Å². The van der Waals surface area contributed by atoms with E-state index in [1.807, 2.05) is 30.3 Å². The normalized spacial score (nSPS) is 16.8. The molecule has 1 aromatic rings. The van der Waals surface area contributed by atoms with Crippen LogP contribution in [-0.4, -0.2) is 35.1 Å². The maximum Gasteiger partial charge on any atom is 0.317 e. The minimum atomic E-state index is -0.835. The highest BCUT2D eigenvalue weighted by molar-refractivity contribution is 5.75. The highest BCUT2D eigenvalue weighted by atomic mass is 16.4. The zero-order valence-electron chi connectivity index (χ0n) is 10.7. The van der Waals surface area contributed by atoms with Crippen LogP contribution in [0.4, 0.5) is 4.79 Å². The molecule has 5 nitrogen and oxygen atoms in total. The van der Waals surface area contributed by atoms with Crippen molar-refractivity contribution in [3.8, 4) is 0 Å². The molecule has 2 N–H and O–H groups in total. The summed E-state index contributed by atoms with van der Waals surface area (Å²) in [6.07, 6.45) is 1.39. The number of carboxylic acids is 1. The number of carbonyl (C=O) groups is 2. The molecule has 1 unspecified atom stereocenters. The maximum atomic E-state index is 11.9. The number of rotatable bonds is 5. The van der Waals surface area contributed by atoms with E-state index in [-0.39, 0.29) is 18.5 Å². The van der Waals surface area contributed by atoms with E-state index in [0.29, 0.717) is 19.5 Å². The summed E-state index contributed by atoms with van der Waals surface area (Å²) < 4.78 is 0. The summed E-state index contributed by atoms with van der Waals surface area (Å²) in [5, 5.41) is 11.7. The molecule has 1 aromatic carbocycles. The predicted molar refractivity (Wildman–Crippen MR) is 70.8 cm³/mol. The van der Waals surface area contributed by atoms with Gasteiger partial charge in [0.25, 0.3) is 0 Å². The number of nitrogens with one attached hydrogen (secondary N) is 1. The smallest absolute Gasteiger partial charge is 0.317 e. The topological polar surface area (TPSA) is 69.6 Å². The van der Waals surface area contributed by atoms with Crippen LogP contribution >= 0.6 is 0 Å². The molecule has 1 fully saturated rings. The van der Waals surface area contributed by atoms with E-state index in [1.165, 1.54) is 0 Å². The lowest BCUT2D eigenvalue weighted by molar-refractivity contribution is -0.137. The quantitative estimate of drug-likeness (QED) is 0.852. The van der Waals surface area contributed by atoms with Crippen LogP contribution in [0.5, 0.6) is 0 Å². The van der Waals surface area contributed by atoms with Crippen LogP contribution < -0.4 is 5.32 Å². The minimum absolute atomic E-state index is 0.0589. The first-order chi connectivity index (χ1) is 9.18. The molecule has 1 aliphatic heterocycles. The highest BCUT2D eigenvalue weighted by Crippen LogP contribution is 2.27. The molecule has 0 saturated carbocycles. The number of aliphatic carboxylic acids is 1. The van der Waals surface area contributed by atoms with Crippen molar-refractivity contribution in [1.29, 1.82) is 0 Å². The molecule has 1 saturated heterocycles. The Morgan fingerprint density at radius 1 is 1.37 bits per heavy atom. The van der Waals surface area contributed by atoms with Crippen molar-refractivity contribution < 1.29 is 14.7 Å². The fourth-order valence-corrected chi connectivity index (χ4v) is 2.38. The van der Waals surface area contributed by atoms with Crippen LogP contribution in [-0.2, 0) is 4.79 Å². The Morgan fingerprint density at radius 2 is 2.11 bits per heavy atom. The summed E-state index contributed by atoms with van der Waals surface area (Å²) >= 11 is 0. The van der Waals surface area contributed by atoms with Crippen molar-refractivity contribution in [3.63, 3.8) is 0 Å². The Morgan fingerprint density at radius 3 is 2.74 bits per heavy atom. The molecule has 1 aliphatic rings. The molecule has 1 heterocycles. The van der Waals surface area contributed by atoms with E-state index in [2.05, 4.69) is 5.32 Å². The summed E-state index contributed by atoms with van der Waals surface area (Å²) in [6.45, 7) is 1.36. The van der Waals surface area contributed by atoms with E-state index in [9.17, 15) is 9.59 Å². The zero-order valence-corrected chi connectivity index (χ0v) is 10.7. The van der Waals surface area contributed by atoms with E-state index in [4.69, 9.17) is 5.11 Å². The molecule has 0 aliphatic carbocycles. The van der Waals surface area contributed by atoms with Crippen molar-refractivity contribution >= 4 is 12.0 Å². The molecular formula is C14H18N2O3. The first-order valence-electron chi connectivity index (χ1n) is 6.49. The van der Waals surface area contributed by atoms with Gasteiger partial charge in [-0.25, -0.2) is 4.79 Å². The van der Waals surface area contributed by atoms with Gasteiger partial charge in [-0.1, -0.05) is 30.3 Å². The summed E-state index contributed by atoms with van der Waals surface area (Å²) in [7, 11) is 0. The largest absolute Gasteiger partial charge is 0.481 e. The van der Waals surface area contributed by atoms with Crippen molar-refractivity contribution in [2.75, 3.05) is 13.1 Å². The zero-order chi connectivity index (χ0) is 13.7. The maximum absolute atomic E-state index is 11.9. The Bertz CT molecular complexity index is 447. The first kappa shape index (κ1) is 13.4. The summed E-state index contributed by atoms with van der Waals surface area (Å²) in [5.41, 5.74) is 0.987. The molecule has 0 radical (unpaired) electrons. The van der Waals surface area contributed by atoms with Crippen LogP contribution in [0, 0.1) is 0 Å². The fraction of sp³-hybridized carbons (Fsp3) is 0.429. The summed E-state index contributed by atoms with van der Waals surface area (Å²) in [4.78, 5) is 24.4. The Balaban J connectivity index is 2.18. The van der Waals surface area contributed by atoms with E-state index >= 15 is 0 Å². The monoisotopic (exact) mass is 262 g/mol. The number of hydrogen-bond acceptors (Lipinski definition) is 2. The molecule has 102 valence electrons. The van der Waals surface area contributed by atoms with Crippen molar-refractivity contribution in [2.24, 2.45) is 0 Å². The molecule has 0 bridgehead atoms. The summed E-state index contributed by atoms with van der Waals surface area (Å²) in [5.74, 6) is -0.835. The van der Waals surface area contributed by atoms with Crippen LogP contribution in [0.25, 0.3) is 0 Å². The van der Waals surface area contributed by atoms with Gasteiger partial charge in [0.05, 0.1) is 6.04 Å². The van der Waals surface area contributed by atoms with Gasteiger partial charge in [0.15, 0.2) is 0 Å². The standard InChI is InChI=1S/C14H18N2O3/c17-13(18)8-7-12(11-5-2-1-3-6-11)16-10-4-9-15-14(16)19/h1-3,5-6,12H,4,7-10H2,(H,15,19)(H,17,18). The van der Waals surface area contributed by atoms with Crippen LogP contribution in [0.3, 0.4) is 0 Å². The Hall–Kier alpha value is -2.04. The van der Waals surface area contributed by atoms with Gasteiger partial charge >= 0.3 is 12.0 Å². The van der Waals surface area contributed by atoms with Gasteiger partial charge in [-0.3, -0.25) is 4.79 Å². The molecule has 0 spiro atoms. The van der Waals surface area contributed by atoms with Crippen LogP contribution in [0.1, 0.15) is 30.9 Å². The van der Waals surface area contributed by atoms with Gasteiger partial charge in [0.1, 0.15) is 0 Å². The average Bonchev–Trinajstić information content (AvgIpc) is 2.42. The average molecular weight is 262 g/mol. The highest BCUT2D eigenvalue weighted by Gasteiger charge is 2.27. The third-order valence-corrected chi connectivity index (χ3v) is 3.31. The molecule has 0 aromatic heterocycles. The molecule has 5 heteroatoms. The third-order valence-electron chi connectivity index (χ3n) is 3.31. The van der Waals surface area contributed by atoms with Crippen molar-refractivity contribution in [1.82, 2.24) is 10.2 Å². The van der Waals surface area contributed by atoms with Crippen molar-refractivity contribution in [3.05, 3.63) is 35.9 Å². The number of nitrogens with zero attached hydrogens (tertiary/aromatic N) is 1. The number of hydrogen-bond donors (Lipinski definition) is 2. The molecule has 1 atom stereocenters. The van der Waals surface area contributed by atoms with Crippen LogP contribution in [0.2, 0.25) is 0 Å². The number of carbonyl (C=O) groups excluding carboxylic acids is 1. The lowest BCUT2D eigenvalue weighted by Gasteiger charge is -2.35.